The minimum atomic E-state index is -1.03. The summed E-state index contributed by atoms with van der Waals surface area (Å²) in [4.78, 5) is 23.8. The molecule has 3 atom stereocenters. The molecule has 1 rings (SSSR count). The predicted molar refractivity (Wildman–Crippen MR) is 53.5 cm³/mol. The average molecular weight is 215 g/mol. The molecule has 0 aromatic rings. The molecule has 0 amide bonds. The monoisotopic (exact) mass is 215 g/mol. The molecule has 0 aliphatic heterocycles. The quantitative estimate of drug-likeness (QED) is 0.710. The highest BCUT2D eigenvalue weighted by Gasteiger charge is 2.63. The Kier molecular flexibility index (Phi) is 2.78. The number of aliphatic carboxylic acids is 2. The molecule has 1 aliphatic carbocycles. The first-order chi connectivity index (χ1) is 6.71. The summed E-state index contributed by atoms with van der Waals surface area (Å²) in [5.41, 5.74) is -0.502. The topological polar surface area (TPSA) is 77.8 Å². The molecule has 0 spiro atoms. The van der Waals surface area contributed by atoms with E-state index in [9.17, 15) is 9.59 Å². The lowest BCUT2D eigenvalue weighted by Crippen LogP contribution is -2.68. The minimum absolute atomic E-state index is 0.226. The van der Waals surface area contributed by atoms with Crippen molar-refractivity contribution in [3.05, 3.63) is 0 Å². The number of hydrogen-bond donors (Lipinski definition) is 2. The van der Waals surface area contributed by atoms with Crippen LogP contribution in [-0.4, -0.2) is 47.2 Å². The van der Waals surface area contributed by atoms with Crippen LogP contribution in [-0.2, 0) is 9.59 Å². The Morgan fingerprint density at radius 1 is 1.13 bits per heavy atom. The number of rotatable bonds is 3. The van der Waals surface area contributed by atoms with Crippen LogP contribution >= 0.6 is 0 Å². The molecule has 3 unspecified atom stereocenters. The van der Waals surface area contributed by atoms with E-state index in [4.69, 9.17) is 10.2 Å². The third-order valence-corrected chi connectivity index (χ3v) is 3.37. The van der Waals surface area contributed by atoms with Gasteiger partial charge in [-0.3, -0.25) is 9.59 Å². The molecule has 15 heavy (non-hydrogen) atoms. The number of carbonyl (C=O) groups is 2. The Morgan fingerprint density at radius 3 is 1.87 bits per heavy atom. The van der Waals surface area contributed by atoms with E-state index in [1.54, 1.807) is 32.8 Å². The summed E-state index contributed by atoms with van der Waals surface area (Å²) in [6.45, 7) is 3.60. The van der Waals surface area contributed by atoms with Gasteiger partial charge in [-0.2, -0.15) is 0 Å². The molecule has 0 aromatic carbocycles. The molecule has 5 heteroatoms. The van der Waals surface area contributed by atoms with Gasteiger partial charge in [-0.15, -0.1) is 0 Å². The number of carboxylic acid groups (broad SMARTS) is 2. The van der Waals surface area contributed by atoms with Crippen LogP contribution in [0.15, 0.2) is 0 Å². The number of nitrogens with zero attached hydrogens (tertiary/aromatic N) is 1. The second-order valence-electron chi connectivity index (χ2n) is 4.91. The van der Waals surface area contributed by atoms with Gasteiger partial charge in [0, 0.05) is 6.04 Å². The summed E-state index contributed by atoms with van der Waals surface area (Å²) in [7, 11) is 3.56. The van der Waals surface area contributed by atoms with E-state index >= 15 is 0 Å². The fourth-order valence-corrected chi connectivity index (χ4v) is 2.91. The zero-order valence-corrected chi connectivity index (χ0v) is 9.39. The molecule has 1 fully saturated rings. The van der Waals surface area contributed by atoms with Crippen molar-refractivity contribution in [2.75, 3.05) is 14.1 Å². The van der Waals surface area contributed by atoms with Gasteiger partial charge in [-0.05, 0) is 19.5 Å². The molecule has 1 aliphatic rings. The van der Waals surface area contributed by atoms with Gasteiger partial charge in [0.25, 0.3) is 0 Å². The Labute approximate surface area is 88.7 Å². The third kappa shape index (κ3) is 1.61. The maximum atomic E-state index is 11.0. The fraction of sp³-hybridized carbons (Fsp3) is 0.800. The van der Waals surface area contributed by atoms with Crippen molar-refractivity contribution < 1.29 is 19.8 Å². The first kappa shape index (κ1) is 12.0. The second-order valence-corrected chi connectivity index (χ2v) is 4.91. The number of carboxylic acids is 2. The van der Waals surface area contributed by atoms with Crippen molar-refractivity contribution in [1.29, 1.82) is 0 Å². The van der Waals surface area contributed by atoms with Crippen molar-refractivity contribution in [2.45, 2.75) is 19.9 Å². The van der Waals surface area contributed by atoms with Crippen molar-refractivity contribution in [3.63, 3.8) is 0 Å². The summed E-state index contributed by atoms with van der Waals surface area (Å²) in [6, 6.07) is -0.226. The van der Waals surface area contributed by atoms with Crippen LogP contribution in [0, 0.1) is 17.3 Å². The molecule has 0 heterocycles. The first-order valence-electron chi connectivity index (χ1n) is 4.83. The summed E-state index contributed by atoms with van der Waals surface area (Å²) in [5, 5.41) is 18.0. The van der Waals surface area contributed by atoms with Crippen LogP contribution < -0.4 is 0 Å². The molecule has 0 radical (unpaired) electrons. The van der Waals surface area contributed by atoms with E-state index in [0.29, 0.717) is 0 Å². The number of hydrogen-bond acceptors (Lipinski definition) is 3. The largest absolute Gasteiger partial charge is 0.481 e. The smallest absolute Gasteiger partial charge is 0.309 e. The lowest BCUT2D eigenvalue weighted by molar-refractivity contribution is -0.189. The summed E-state index contributed by atoms with van der Waals surface area (Å²) < 4.78 is 0. The molecule has 0 aromatic heterocycles. The van der Waals surface area contributed by atoms with Crippen molar-refractivity contribution >= 4 is 11.9 Å². The Balaban J connectivity index is 3.02. The highest BCUT2D eigenvalue weighted by atomic mass is 16.4. The van der Waals surface area contributed by atoms with Gasteiger partial charge >= 0.3 is 11.9 Å². The van der Waals surface area contributed by atoms with Crippen molar-refractivity contribution in [3.8, 4) is 0 Å². The fourth-order valence-electron chi connectivity index (χ4n) is 2.91. The van der Waals surface area contributed by atoms with Crippen LogP contribution in [0.4, 0.5) is 0 Å². The first-order valence-corrected chi connectivity index (χ1v) is 4.83. The van der Waals surface area contributed by atoms with Gasteiger partial charge in [-0.25, -0.2) is 0 Å². The van der Waals surface area contributed by atoms with E-state index in [0.717, 1.165) is 0 Å². The zero-order chi connectivity index (χ0) is 12.0. The average Bonchev–Trinajstić information content (AvgIpc) is 1.97. The van der Waals surface area contributed by atoms with Gasteiger partial charge in [0.1, 0.15) is 0 Å². The molecular formula is C10H17NO4. The molecular weight excluding hydrogens is 198 g/mol. The molecule has 0 saturated heterocycles. The Hall–Kier alpha value is -1.10. The molecule has 0 bridgehead atoms. The maximum Gasteiger partial charge on any atom is 0.309 e. The second kappa shape index (κ2) is 3.48. The SMILES string of the molecule is CN(C)C1C(C(=O)O)C(C(=O)O)C1(C)C. The van der Waals surface area contributed by atoms with Gasteiger partial charge in [0.2, 0.25) is 0 Å². The third-order valence-electron chi connectivity index (χ3n) is 3.37. The summed E-state index contributed by atoms with van der Waals surface area (Å²) >= 11 is 0. The van der Waals surface area contributed by atoms with Gasteiger partial charge < -0.3 is 15.1 Å². The van der Waals surface area contributed by atoms with E-state index in [2.05, 4.69) is 0 Å². The minimum Gasteiger partial charge on any atom is -0.481 e. The lowest BCUT2D eigenvalue weighted by atomic mass is 9.51. The maximum absolute atomic E-state index is 11.0. The zero-order valence-electron chi connectivity index (χ0n) is 9.39. The standard InChI is InChI=1S/C10H17NO4/c1-10(2)6(9(14)15)5(8(12)13)7(10)11(3)4/h5-7H,1-4H3,(H,12,13)(H,14,15). The van der Waals surface area contributed by atoms with Crippen LogP contribution in [0.25, 0.3) is 0 Å². The van der Waals surface area contributed by atoms with Gasteiger partial charge in [-0.1, -0.05) is 13.8 Å². The van der Waals surface area contributed by atoms with E-state index in [1.807, 2.05) is 0 Å². The van der Waals surface area contributed by atoms with Crippen LogP contribution in [0.2, 0.25) is 0 Å². The van der Waals surface area contributed by atoms with Gasteiger partial charge in [0.05, 0.1) is 11.8 Å². The van der Waals surface area contributed by atoms with Crippen LogP contribution in [0.1, 0.15) is 13.8 Å². The van der Waals surface area contributed by atoms with Crippen molar-refractivity contribution in [2.24, 2.45) is 17.3 Å². The van der Waals surface area contributed by atoms with Crippen molar-refractivity contribution in [1.82, 2.24) is 4.90 Å². The Bertz CT molecular complexity index is 298. The highest BCUT2D eigenvalue weighted by Crippen LogP contribution is 2.52. The molecule has 86 valence electrons. The van der Waals surface area contributed by atoms with Gasteiger partial charge in [0.15, 0.2) is 0 Å². The molecule has 1 saturated carbocycles. The highest BCUT2D eigenvalue weighted by molar-refractivity contribution is 5.84. The summed E-state index contributed by atoms with van der Waals surface area (Å²) in [6.07, 6.45) is 0. The Morgan fingerprint density at radius 2 is 1.60 bits per heavy atom. The molecule has 2 N–H and O–H groups in total. The van der Waals surface area contributed by atoms with E-state index in [1.165, 1.54) is 0 Å². The van der Waals surface area contributed by atoms with Crippen LogP contribution in [0.3, 0.4) is 0 Å². The normalized spacial score (nSPS) is 33.5. The predicted octanol–water partition coefficient (Wildman–Crippen LogP) is 0.358. The summed E-state index contributed by atoms with van der Waals surface area (Å²) in [5.74, 6) is -3.67. The lowest BCUT2D eigenvalue weighted by Gasteiger charge is -2.57. The molecule has 5 nitrogen and oxygen atoms in total. The van der Waals surface area contributed by atoms with E-state index in [-0.39, 0.29) is 6.04 Å². The van der Waals surface area contributed by atoms with Crippen LogP contribution in [0.5, 0.6) is 0 Å². The van der Waals surface area contributed by atoms with E-state index < -0.39 is 29.2 Å².